The predicted molar refractivity (Wildman–Crippen MR) is 209 cm³/mol. The number of methoxy groups -OCH3 is 1. The van der Waals surface area contributed by atoms with E-state index >= 15 is 0 Å². The van der Waals surface area contributed by atoms with Gasteiger partial charge in [0, 0.05) is 40.6 Å². The van der Waals surface area contributed by atoms with E-state index in [2.05, 4.69) is 97.6 Å². The van der Waals surface area contributed by atoms with Gasteiger partial charge in [-0.25, -0.2) is 4.90 Å². The van der Waals surface area contributed by atoms with Gasteiger partial charge in [-0.3, -0.25) is 0 Å². The molecule has 6 nitrogen and oxygen atoms in total. The van der Waals surface area contributed by atoms with E-state index in [1.54, 1.807) is 7.11 Å². The highest BCUT2D eigenvalue weighted by atomic mass is 16.7. The minimum Gasteiger partial charge on any atom is -0.497 e. The Hall–Kier alpha value is -4.78. The van der Waals surface area contributed by atoms with Crippen molar-refractivity contribution in [1.29, 1.82) is 0 Å². The molecule has 2 aliphatic carbocycles. The van der Waals surface area contributed by atoms with Crippen LogP contribution in [-0.2, 0) is 15.8 Å². The molecule has 5 aliphatic rings. The van der Waals surface area contributed by atoms with Crippen LogP contribution in [0, 0.1) is 13.8 Å². The summed E-state index contributed by atoms with van der Waals surface area (Å²) < 4.78 is 32.2. The number of ether oxygens (including phenoxy) is 5. The first-order valence-electron chi connectivity index (χ1n) is 19.5. The van der Waals surface area contributed by atoms with E-state index < -0.39 is 12.0 Å². The van der Waals surface area contributed by atoms with Gasteiger partial charge in [-0.05, 0) is 84.7 Å². The fraction of sp³-hybridized carbons (Fsp3) is 0.362. The summed E-state index contributed by atoms with van der Waals surface area (Å²) in [5.41, 5.74) is 10.5. The minimum absolute atomic E-state index is 0.0975. The Morgan fingerprint density at radius 2 is 1.36 bits per heavy atom. The van der Waals surface area contributed by atoms with E-state index in [4.69, 9.17) is 23.7 Å². The summed E-state index contributed by atoms with van der Waals surface area (Å²) in [4.78, 5) is 2.22. The van der Waals surface area contributed by atoms with Crippen LogP contribution in [-0.4, -0.2) is 44.7 Å². The Morgan fingerprint density at radius 3 is 2.06 bits per heavy atom. The van der Waals surface area contributed by atoms with Crippen LogP contribution >= 0.6 is 0 Å². The van der Waals surface area contributed by atoms with Crippen LogP contribution in [0.5, 0.6) is 23.0 Å². The highest BCUT2D eigenvalue weighted by molar-refractivity contribution is 6.09. The Kier molecular flexibility index (Phi) is 7.85. The number of hydrogen-bond acceptors (Lipinski definition) is 6. The quantitative estimate of drug-likeness (QED) is 0.186. The van der Waals surface area contributed by atoms with Gasteiger partial charge in [0.2, 0.25) is 0 Å². The Morgan fingerprint density at radius 1 is 0.717 bits per heavy atom. The number of morpholine rings is 1. The Bertz CT molecular complexity index is 2240. The maximum Gasteiger partial charge on any atom is 0.305 e. The van der Waals surface area contributed by atoms with Crippen LogP contribution in [0.4, 0.5) is 0 Å². The molecular formula is C47H47NO5. The largest absolute Gasteiger partial charge is 0.497 e. The second-order valence-electron chi connectivity index (χ2n) is 15.7. The van der Waals surface area contributed by atoms with Crippen molar-refractivity contribution >= 4 is 16.8 Å². The molecular weight excluding hydrogens is 659 g/mol. The molecule has 3 heterocycles. The number of rotatable bonds is 4. The van der Waals surface area contributed by atoms with Gasteiger partial charge in [0.15, 0.2) is 17.1 Å². The van der Waals surface area contributed by atoms with Crippen LogP contribution in [0.3, 0.4) is 0 Å². The highest BCUT2D eigenvalue weighted by Gasteiger charge is 2.49. The molecule has 6 heteroatoms. The second kappa shape index (κ2) is 12.7. The van der Waals surface area contributed by atoms with Gasteiger partial charge < -0.3 is 23.7 Å². The van der Waals surface area contributed by atoms with Crippen molar-refractivity contribution in [2.24, 2.45) is 0 Å². The first kappa shape index (κ1) is 32.8. The smallest absolute Gasteiger partial charge is 0.305 e. The van der Waals surface area contributed by atoms with Crippen LogP contribution in [0.2, 0.25) is 0 Å². The van der Waals surface area contributed by atoms with Crippen molar-refractivity contribution in [3.05, 3.63) is 124 Å². The Balaban J connectivity index is 1.25. The summed E-state index contributed by atoms with van der Waals surface area (Å²) in [5.74, 6) is 3.26. The van der Waals surface area contributed by atoms with E-state index in [9.17, 15) is 0 Å². The molecule has 0 amide bonds. The van der Waals surface area contributed by atoms with Crippen molar-refractivity contribution in [2.45, 2.75) is 76.2 Å². The molecule has 1 saturated heterocycles. The zero-order chi connectivity index (χ0) is 35.7. The molecule has 2 unspecified atom stereocenters. The summed E-state index contributed by atoms with van der Waals surface area (Å²) in [6, 6.07) is 28.7. The zero-order valence-corrected chi connectivity index (χ0v) is 31.0. The average Bonchev–Trinajstić information content (AvgIpc) is 3.73. The maximum atomic E-state index is 7.71. The highest BCUT2D eigenvalue weighted by Crippen LogP contribution is 2.62. The standard InChI is InChI=1S/C47H47NO5/c1-30-9-12-32(13-10-30)47(33-14-16-34(49-3)17-15-33)22-19-36-43-42(35-18-11-31(2)27-39(35)46(43)20-7-5-4-6-8-21-46)37-28-40-41(29-38(37)44(36)53-47)52-45(51-40)48-23-25-50-26-24-48/h9-19,22,27-29,45H,4-8,20-21,23-26H2,1-3H3. The monoisotopic (exact) mass is 705 g/mol. The summed E-state index contributed by atoms with van der Waals surface area (Å²) in [5, 5.41) is 2.21. The van der Waals surface area contributed by atoms with Crippen molar-refractivity contribution in [3.8, 4) is 34.1 Å². The van der Waals surface area contributed by atoms with Crippen LogP contribution < -0.4 is 18.9 Å². The number of hydrogen-bond donors (Lipinski definition) is 0. The predicted octanol–water partition coefficient (Wildman–Crippen LogP) is 10.2. The van der Waals surface area contributed by atoms with Crippen molar-refractivity contribution in [1.82, 2.24) is 4.90 Å². The van der Waals surface area contributed by atoms with Gasteiger partial charge in [0.05, 0.1) is 20.3 Å². The number of aryl methyl sites for hydroxylation is 2. The van der Waals surface area contributed by atoms with Crippen molar-refractivity contribution in [3.63, 3.8) is 0 Å². The molecule has 1 spiro atoms. The van der Waals surface area contributed by atoms with E-state index in [0.29, 0.717) is 13.2 Å². The molecule has 0 aromatic heterocycles. The van der Waals surface area contributed by atoms with E-state index in [-0.39, 0.29) is 5.41 Å². The number of fused-ring (bicyclic) bond motifs is 11. The fourth-order valence-electron chi connectivity index (χ4n) is 9.84. The maximum absolute atomic E-state index is 7.71. The third kappa shape index (κ3) is 5.13. The van der Waals surface area contributed by atoms with Crippen LogP contribution in [0.15, 0.2) is 84.9 Å². The van der Waals surface area contributed by atoms with Gasteiger partial charge in [-0.15, -0.1) is 0 Å². The third-order valence-electron chi connectivity index (χ3n) is 12.6. The van der Waals surface area contributed by atoms with Gasteiger partial charge in [-0.1, -0.05) is 104 Å². The zero-order valence-electron chi connectivity index (χ0n) is 31.0. The SMILES string of the molecule is COc1ccc(C2(c3ccc(C)cc3)C=Cc3c4c(c5cc6c(cc5c3O2)OC(N2CCOCC2)O6)-c2ccc(C)cc2C42CCCCCCC2)cc1. The summed E-state index contributed by atoms with van der Waals surface area (Å²) >= 11 is 0. The lowest BCUT2D eigenvalue weighted by Gasteiger charge is -2.40. The lowest BCUT2D eigenvalue weighted by molar-refractivity contribution is -0.121. The summed E-state index contributed by atoms with van der Waals surface area (Å²) in [6.07, 6.45) is 12.8. The number of nitrogens with zero attached hydrogens (tertiary/aromatic N) is 1. The van der Waals surface area contributed by atoms with Crippen molar-refractivity contribution in [2.75, 3.05) is 33.4 Å². The van der Waals surface area contributed by atoms with Gasteiger partial charge >= 0.3 is 6.41 Å². The molecule has 0 N–H and O–H groups in total. The molecule has 2 atom stereocenters. The van der Waals surface area contributed by atoms with Gasteiger partial charge in [0.25, 0.3) is 0 Å². The third-order valence-corrected chi connectivity index (χ3v) is 12.6. The first-order chi connectivity index (χ1) is 26.0. The lowest BCUT2D eigenvalue weighted by atomic mass is 9.67. The topological polar surface area (TPSA) is 49.4 Å². The average molecular weight is 706 g/mol. The van der Waals surface area contributed by atoms with Crippen molar-refractivity contribution < 1.29 is 23.7 Å². The molecule has 270 valence electrons. The summed E-state index contributed by atoms with van der Waals surface area (Å²) in [6.45, 7) is 7.26. The van der Waals surface area contributed by atoms with Crippen LogP contribution in [0.25, 0.3) is 28.0 Å². The van der Waals surface area contributed by atoms with Gasteiger partial charge in [-0.2, -0.15) is 0 Å². The minimum atomic E-state index is -0.864. The first-order valence-corrected chi connectivity index (χ1v) is 19.5. The molecule has 2 fully saturated rings. The molecule has 10 rings (SSSR count). The fourth-order valence-corrected chi connectivity index (χ4v) is 9.84. The number of benzene rings is 5. The lowest BCUT2D eigenvalue weighted by Crippen LogP contribution is -2.47. The van der Waals surface area contributed by atoms with Crippen LogP contribution in [0.1, 0.15) is 83.9 Å². The summed E-state index contributed by atoms with van der Waals surface area (Å²) in [7, 11) is 1.71. The van der Waals surface area contributed by atoms with E-state index in [1.807, 2.05) is 12.1 Å². The Labute approximate surface area is 312 Å². The normalized spacial score (nSPS) is 22.8. The van der Waals surface area contributed by atoms with Gasteiger partial charge in [0.1, 0.15) is 11.5 Å². The molecule has 53 heavy (non-hydrogen) atoms. The molecule has 5 aromatic rings. The molecule has 0 radical (unpaired) electrons. The molecule has 5 aromatic carbocycles. The molecule has 3 aliphatic heterocycles. The van der Waals surface area contributed by atoms with E-state index in [1.165, 1.54) is 71.0 Å². The molecule has 1 saturated carbocycles. The van der Waals surface area contributed by atoms with E-state index in [0.717, 1.165) is 70.8 Å². The molecule has 0 bridgehead atoms. The second-order valence-corrected chi connectivity index (χ2v) is 15.7.